The molecule has 2 heterocycles. The zero-order valence-corrected chi connectivity index (χ0v) is 12.4. The summed E-state index contributed by atoms with van der Waals surface area (Å²) in [6, 6.07) is 0. The first kappa shape index (κ1) is 13.9. The lowest BCUT2D eigenvalue weighted by atomic mass is 10.2. The number of nitrogens with one attached hydrogen (secondary N) is 1. The molecule has 0 spiro atoms. The molecule has 0 aromatic carbocycles. The number of thioether (sulfide) groups is 1. The van der Waals surface area contributed by atoms with Gasteiger partial charge in [-0.05, 0) is 12.3 Å². The second-order valence-electron chi connectivity index (χ2n) is 4.98. The highest BCUT2D eigenvalue weighted by molar-refractivity contribution is 7.99. The molecule has 0 unspecified atom stereocenters. The van der Waals surface area contributed by atoms with E-state index in [1.807, 2.05) is 0 Å². The highest BCUT2D eigenvalue weighted by Crippen LogP contribution is 2.18. The smallest absolute Gasteiger partial charge is 0.327 e. The van der Waals surface area contributed by atoms with Crippen molar-refractivity contribution < 1.29 is 0 Å². The van der Waals surface area contributed by atoms with Crippen molar-refractivity contribution in [3.63, 3.8) is 0 Å². The van der Waals surface area contributed by atoms with Crippen molar-refractivity contribution in [2.24, 2.45) is 20.0 Å². The average Bonchev–Trinajstić information content (AvgIpc) is 2.77. The number of aromatic amines is 1. The molecule has 0 saturated heterocycles. The standard InChI is InChI=1S/C12H18N4O2S/c1-7(2)5-6-19-11-13-8-9(14-11)15(3)12(18)16(4)10(8)17/h7H,5-6H2,1-4H3,(H,13,14). The zero-order valence-electron chi connectivity index (χ0n) is 11.6. The molecule has 19 heavy (non-hydrogen) atoms. The topological polar surface area (TPSA) is 72.7 Å². The van der Waals surface area contributed by atoms with Gasteiger partial charge in [0, 0.05) is 19.8 Å². The van der Waals surface area contributed by atoms with Gasteiger partial charge in [0.2, 0.25) is 0 Å². The van der Waals surface area contributed by atoms with Crippen LogP contribution in [-0.4, -0.2) is 24.9 Å². The van der Waals surface area contributed by atoms with Crippen molar-refractivity contribution in [3.05, 3.63) is 20.8 Å². The number of aryl methyl sites for hydroxylation is 1. The van der Waals surface area contributed by atoms with Gasteiger partial charge in [0.25, 0.3) is 5.56 Å². The number of fused-ring (bicyclic) bond motifs is 1. The van der Waals surface area contributed by atoms with Gasteiger partial charge in [-0.25, -0.2) is 9.78 Å². The van der Waals surface area contributed by atoms with Gasteiger partial charge >= 0.3 is 5.69 Å². The van der Waals surface area contributed by atoms with Crippen LogP contribution in [-0.2, 0) is 14.1 Å². The highest BCUT2D eigenvalue weighted by Gasteiger charge is 2.13. The quantitative estimate of drug-likeness (QED) is 0.852. The third-order valence-corrected chi connectivity index (χ3v) is 3.91. The normalized spacial score (nSPS) is 11.6. The summed E-state index contributed by atoms with van der Waals surface area (Å²) in [5.41, 5.74) is 0.112. The maximum absolute atomic E-state index is 12.0. The van der Waals surface area contributed by atoms with E-state index < -0.39 is 0 Å². The van der Waals surface area contributed by atoms with Crippen LogP contribution in [0.2, 0.25) is 0 Å². The van der Waals surface area contributed by atoms with Crippen molar-refractivity contribution in [3.8, 4) is 0 Å². The summed E-state index contributed by atoms with van der Waals surface area (Å²) in [5.74, 6) is 1.57. The minimum Gasteiger partial charge on any atom is -0.327 e. The van der Waals surface area contributed by atoms with E-state index in [2.05, 4.69) is 23.8 Å². The summed E-state index contributed by atoms with van der Waals surface area (Å²) in [6.45, 7) is 4.33. The van der Waals surface area contributed by atoms with Crippen LogP contribution in [0.25, 0.3) is 11.2 Å². The number of hydrogen-bond acceptors (Lipinski definition) is 4. The van der Waals surface area contributed by atoms with Crippen LogP contribution < -0.4 is 11.2 Å². The number of imidazole rings is 1. The Morgan fingerprint density at radius 3 is 2.58 bits per heavy atom. The van der Waals surface area contributed by atoms with Gasteiger partial charge in [-0.3, -0.25) is 13.9 Å². The van der Waals surface area contributed by atoms with Crippen LogP contribution in [0.5, 0.6) is 0 Å². The Hall–Kier alpha value is -1.50. The maximum Gasteiger partial charge on any atom is 0.332 e. The number of nitrogens with zero attached hydrogens (tertiary/aromatic N) is 3. The van der Waals surface area contributed by atoms with Gasteiger partial charge in [-0.1, -0.05) is 25.6 Å². The van der Waals surface area contributed by atoms with Crippen molar-refractivity contribution in [1.82, 2.24) is 19.1 Å². The van der Waals surface area contributed by atoms with E-state index in [1.54, 1.807) is 18.8 Å². The first-order valence-electron chi connectivity index (χ1n) is 6.20. The molecule has 0 bridgehead atoms. The van der Waals surface area contributed by atoms with E-state index in [0.717, 1.165) is 16.7 Å². The van der Waals surface area contributed by atoms with Crippen LogP contribution in [0, 0.1) is 5.92 Å². The van der Waals surface area contributed by atoms with E-state index in [-0.39, 0.29) is 11.2 Å². The maximum atomic E-state index is 12.0. The molecule has 2 rings (SSSR count). The minimum absolute atomic E-state index is 0.332. The predicted molar refractivity (Wildman–Crippen MR) is 76.8 cm³/mol. The molecule has 0 amide bonds. The lowest BCUT2D eigenvalue weighted by Gasteiger charge is -2.01. The minimum atomic E-state index is -0.359. The molecule has 2 aromatic heterocycles. The Bertz CT molecular complexity index is 711. The van der Waals surface area contributed by atoms with Gasteiger partial charge in [-0.15, -0.1) is 0 Å². The molecule has 2 aromatic rings. The Kier molecular flexibility index (Phi) is 3.84. The average molecular weight is 282 g/mol. The van der Waals surface area contributed by atoms with Gasteiger partial charge in [0.1, 0.15) is 0 Å². The molecule has 1 N–H and O–H groups in total. The summed E-state index contributed by atoms with van der Waals surface area (Å²) in [7, 11) is 3.09. The Labute approximate surface area is 114 Å². The van der Waals surface area contributed by atoms with Crippen LogP contribution in [0.3, 0.4) is 0 Å². The van der Waals surface area contributed by atoms with Crippen LogP contribution >= 0.6 is 11.8 Å². The van der Waals surface area contributed by atoms with Crippen LogP contribution in [0.15, 0.2) is 14.7 Å². The highest BCUT2D eigenvalue weighted by atomic mass is 32.2. The summed E-state index contributed by atoms with van der Waals surface area (Å²) in [5, 5.41) is 0.689. The van der Waals surface area contributed by atoms with Crippen LogP contribution in [0.4, 0.5) is 0 Å². The molecule has 0 radical (unpaired) electrons. The lowest BCUT2D eigenvalue weighted by Crippen LogP contribution is -2.36. The molecule has 0 saturated carbocycles. The van der Waals surface area contributed by atoms with E-state index in [9.17, 15) is 9.59 Å². The third kappa shape index (κ3) is 2.60. The molecular weight excluding hydrogens is 264 g/mol. The van der Waals surface area contributed by atoms with Crippen molar-refractivity contribution in [2.75, 3.05) is 5.75 Å². The molecule has 7 heteroatoms. The molecule has 6 nitrogen and oxygen atoms in total. The van der Waals surface area contributed by atoms with Crippen molar-refractivity contribution >= 4 is 22.9 Å². The van der Waals surface area contributed by atoms with Gasteiger partial charge < -0.3 is 4.98 Å². The molecule has 0 aliphatic carbocycles. The molecule has 0 fully saturated rings. The fourth-order valence-electron chi connectivity index (χ4n) is 1.76. The zero-order chi connectivity index (χ0) is 14.2. The SMILES string of the molecule is CC(C)CCSc1nc2c([nH]1)c(=O)n(C)c(=O)n2C. The monoisotopic (exact) mass is 282 g/mol. The first-order valence-corrected chi connectivity index (χ1v) is 7.19. The summed E-state index contributed by atoms with van der Waals surface area (Å²) in [4.78, 5) is 31.1. The number of H-pyrrole nitrogens is 1. The number of hydrogen-bond donors (Lipinski definition) is 1. The van der Waals surface area contributed by atoms with E-state index >= 15 is 0 Å². The molecule has 0 aliphatic heterocycles. The van der Waals surface area contributed by atoms with Gasteiger partial charge in [-0.2, -0.15) is 0 Å². The van der Waals surface area contributed by atoms with E-state index in [1.165, 1.54) is 11.6 Å². The lowest BCUT2D eigenvalue weighted by molar-refractivity contribution is 0.631. The Morgan fingerprint density at radius 2 is 1.95 bits per heavy atom. The summed E-state index contributed by atoms with van der Waals surface area (Å²) < 4.78 is 2.48. The molecule has 0 aliphatic rings. The second kappa shape index (κ2) is 5.24. The van der Waals surface area contributed by atoms with Gasteiger partial charge in [0.15, 0.2) is 16.3 Å². The second-order valence-corrected chi connectivity index (χ2v) is 6.06. The fourth-order valence-corrected chi connectivity index (χ4v) is 2.87. The molecular formula is C12H18N4O2S. The van der Waals surface area contributed by atoms with Crippen molar-refractivity contribution in [2.45, 2.75) is 25.4 Å². The van der Waals surface area contributed by atoms with Gasteiger partial charge in [0.05, 0.1) is 0 Å². The number of rotatable bonds is 4. The third-order valence-electron chi connectivity index (χ3n) is 3.01. The predicted octanol–water partition coefficient (Wildman–Crippen LogP) is 1.10. The number of aromatic nitrogens is 4. The summed E-state index contributed by atoms with van der Waals surface area (Å²) >= 11 is 1.57. The largest absolute Gasteiger partial charge is 0.332 e. The fraction of sp³-hybridized carbons (Fsp3) is 0.583. The first-order chi connectivity index (χ1) is 8.91. The Balaban J connectivity index is 2.41. The summed E-state index contributed by atoms with van der Waals surface area (Å²) in [6.07, 6.45) is 1.08. The van der Waals surface area contributed by atoms with Crippen molar-refractivity contribution in [1.29, 1.82) is 0 Å². The van der Waals surface area contributed by atoms with E-state index in [0.29, 0.717) is 22.2 Å². The van der Waals surface area contributed by atoms with Crippen LogP contribution in [0.1, 0.15) is 20.3 Å². The Morgan fingerprint density at radius 1 is 1.26 bits per heavy atom. The molecule has 104 valence electrons. The molecule has 0 atom stereocenters. The van der Waals surface area contributed by atoms with E-state index in [4.69, 9.17) is 0 Å².